The molecule has 1 aromatic heterocycles. The van der Waals surface area contributed by atoms with E-state index in [1.165, 1.54) is 0 Å². The van der Waals surface area contributed by atoms with Crippen LogP contribution in [-0.4, -0.2) is 23.0 Å². The Balaban J connectivity index is 2.71. The Bertz CT molecular complexity index is 344. The predicted molar refractivity (Wildman–Crippen MR) is 55.0 cm³/mol. The molecule has 1 heterocycles. The van der Waals surface area contributed by atoms with Crippen LogP contribution >= 0.6 is 0 Å². The number of aromatic nitrogens is 2. The van der Waals surface area contributed by atoms with Crippen molar-refractivity contribution in [2.45, 2.75) is 32.0 Å². The van der Waals surface area contributed by atoms with Gasteiger partial charge in [0.2, 0.25) is 0 Å². The Morgan fingerprint density at radius 3 is 2.50 bits per heavy atom. The van der Waals surface area contributed by atoms with Gasteiger partial charge in [-0.2, -0.15) is 18.3 Å². The maximum Gasteiger partial charge on any atom is 0.389 e. The van der Waals surface area contributed by atoms with Crippen LogP contribution < -0.4 is 5.32 Å². The molecule has 0 aromatic carbocycles. The van der Waals surface area contributed by atoms with Crippen LogP contribution in [0.5, 0.6) is 0 Å². The van der Waals surface area contributed by atoms with Crippen molar-refractivity contribution >= 4 is 0 Å². The Morgan fingerprint density at radius 2 is 2.12 bits per heavy atom. The highest BCUT2D eigenvalue weighted by atomic mass is 19.4. The van der Waals surface area contributed by atoms with Crippen LogP contribution in [-0.2, 0) is 7.05 Å². The summed E-state index contributed by atoms with van der Waals surface area (Å²) in [4.78, 5) is 0. The molecule has 16 heavy (non-hydrogen) atoms. The first-order valence-electron chi connectivity index (χ1n) is 5.08. The molecule has 0 fully saturated rings. The maximum absolute atomic E-state index is 12.1. The van der Waals surface area contributed by atoms with E-state index in [1.54, 1.807) is 24.8 Å². The van der Waals surface area contributed by atoms with Crippen molar-refractivity contribution in [3.05, 3.63) is 17.5 Å². The summed E-state index contributed by atoms with van der Waals surface area (Å²) >= 11 is 0. The average molecular weight is 235 g/mol. The van der Waals surface area contributed by atoms with Crippen LogP contribution in [0.4, 0.5) is 13.2 Å². The van der Waals surface area contributed by atoms with E-state index in [9.17, 15) is 13.2 Å². The molecule has 3 nitrogen and oxygen atoms in total. The summed E-state index contributed by atoms with van der Waals surface area (Å²) < 4.78 is 38.0. The second kappa shape index (κ2) is 4.86. The number of nitrogens with zero attached hydrogens (tertiary/aromatic N) is 2. The van der Waals surface area contributed by atoms with Gasteiger partial charge in [-0.3, -0.25) is 4.68 Å². The molecule has 0 spiro atoms. The first kappa shape index (κ1) is 13.0. The largest absolute Gasteiger partial charge is 0.389 e. The van der Waals surface area contributed by atoms with Gasteiger partial charge in [0, 0.05) is 19.5 Å². The van der Waals surface area contributed by atoms with Crippen LogP contribution in [0.2, 0.25) is 0 Å². The summed E-state index contributed by atoms with van der Waals surface area (Å²) in [6.07, 6.45) is -4.87. The van der Waals surface area contributed by atoms with Gasteiger partial charge < -0.3 is 5.32 Å². The van der Waals surface area contributed by atoms with Gasteiger partial charge in [0.1, 0.15) is 0 Å². The zero-order valence-electron chi connectivity index (χ0n) is 9.60. The molecular weight excluding hydrogens is 219 g/mol. The van der Waals surface area contributed by atoms with Crippen molar-refractivity contribution in [1.29, 1.82) is 0 Å². The average Bonchev–Trinajstić information content (AvgIpc) is 2.45. The van der Waals surface area contributed by atoms with Gasteiger partial charge in [-0.25, -0.2) is 0 Å². The molecule has 92 valence electrons. The Kier molecular flexibility index (Phi) is 3.96. The van der Waals surface area contributed by atoms with Gasteiger partial charge in [0.05, 0.1) is 11.4 Å². The van der Waals surface area contributed by atoms with Crippen molar-refractivity contribution in [2.24, 2.45) is 7.05 Å². The molecule has 0 radical (unpaired) electrons. The molecule has 1 rings (SSSR count). The third-order valence-corrected chi connectivity index (χ3v) is 2.46. The van der Waals surface area contributed by atoms with Gasteiger partial charge in [0.25, 0.3) is 0 Å². The number of halogens is 3. The number of rotatable bonds is 4. The summed E-state index contributed by atoms with van der Waals surface area (Å²) in [7, 11) is 3.39. The third kappa shape index (κ3) is 3.52. The van der Waals surface area contributed by atoms with Gasteiger partial charge in [-0.15, -0.1) is 0 Å². The van der Waals surface area contributed by atoms with Gasteiger partial charge >= 0.3 is 6.18 Å². The SMILES string of the molecule is CNC(CCC(F)(F)F)c1cc(C)nn1C. The fourth-order valence-corrected chi connectivity index (χ4v) is 1.70. The lowest BCUT2D eigenvalue weighted by molar-refractivity contribution is -0.136. The molecule has 0 aliphatic heterocycles. The lowest BCUT2D eigenvalue weighted by Crippen LogP contribution is -2.21. The molecule has 6 heteroatoms. The van der Waals surface area contributed by atoms with Crippen LogP contribution in [0.3, 0.4) is 0 Å². The number of nitrogens with one attached hydrogen (secondary N) is 1. The van der Waals surface area contributed by atoms with E-state index in [0.29, 0.717) is 0 Å². The minimum Gasteiger partial charge on any atom is -0.312 e. The molecule has 0 aliphatic carbocycles. The molecule has 0 saturated carbocycles. The van der Waals surface area contributed by atoms with Crippen LogP contribution in [0.15, 0.2) is 6.07 Å². The van der Waals surface area contributed by atoms with Gasteiger partial charge in [-0.1, -0.05) is 0 Å². The van der Waals surface area contributed by atoms with Crippen molar-refractivity contribution in [1.82, 2.24) is 15.1 Å². The number of hydrogen-bond donors (Lipinski definition) is 1. The Morgan fingerprint density at radius 1 is 1.50 bits per heavy atom. The summed E-state index contributed by atoms with van der Waals surface area (Å²) in [6, 6.07) is 1.49. The number of hydrogen-bond acceptors (Lipinski definition) is 2. The highest BCUT2D eigenvalue weighted by Crippen LogP contribution is 2.27. The standard InChI is InChI=1S/C10H16F3N3/c1-7-6-9(16(3)15-7)8(14-2)4-5-10(11,12)13/h6,8,14H,4-5H2,1-3H3. The van der Waals surface area contributed by atoms with Crippen LogP contribution in [0, 0.1) is 6.92 Å². The lowest BCUT2D eigenvalue weighted by Gasteiger charge is -2.17. The molecule has 1 atom stereocenters. The first-order valence-corrected chi connectivity index (χ1v) is 5.08. The van der Waals surface area contributed by atoms with Gasteiger partial charge in [0.15, 0.2) is 0 Å². The number of alkyl halides is 3. The fraction of sp³-hybridized carbons (Fsp3) is 0.700. The summed E-state index contributed by atoms with van der Waals surface area (Å²) in [5.41, 5.74) is 1.59. The van der Waals surface area contributed by atoms with Crippen molar-refractivity contribution < 1.29 is 13.2 Å². The fourth-order valence-electron chi connectivity index (χ4n) is 1.70. The molecule has 1 N–H and O–H groups in total. The minimum absolute atomic E-state index is 0.0268. The Hall–Kier alpha value is -1.04. The Labute approximate surface area is 92.6 Å². The molecule has 1 aromatic rings. The van der Waals surface area contributed by atoms with E-state index in [-0.39, 0.29) is 12.5 Å². The van der Waals surface area contributed by atoms with Crippen LogP contribution in [0.1, 0.15) is 30.3 Å². The van der Waals surface area contributed by atoms with E-state index < -0.39 is 12.6 Å². The molecule has 1 unspecified atom stereocenters. The smallest absolute Gasteiger partial charge is 0.312 e. The van der Waals surface area contributed by atoms with Crippen molar-refractivity contribution in [2.75, 3.05) is 7.05 Å². The molecule has 0 aliphatic rings. The van der Waals surface area contributed by atoms with E-state index in [1.807, 2.05) is 6.92 Å². The summed E-state index contributed by atoms with van der Waals surface area (Å²) in [5, 5.41) is 7.00. The van der Waals surface area contributed by atoms with E-state index in [2.05, 4.69) is 10.4 Å². The topological polar surface area (TPSA) is 29.9 Å². The first-order chi connectivity index (χ1) is 7.33. The van der Waals surface area contributed by atoms with E-state index in [4.69, 9.17) is 0 Å². The third-order valence-electron chi connectivity index (χ3n) is 2.46. The second-order valence-electron chi connectivity index (χ2n) is 3.83. The quantitative estimate of drug-likeness (QED) is 0.868. The van der Waals surface area contributed by atoms with Crippen LogP contribution in [0.25, 0.3) is 0 Å². The molecule has 0 saturated heterocycles. The highest BCUT2D eigenvalue weighted by Gasteiger charge is 2.29. The minimum atomic E-state index is -4.11. The van der Waals surface area contributed by atoms with Crippen molar-refractivity contribution in [3.63, 3.8) is 0 Å². The summed E-state index contributed by atoms with van der Waals surface area (Å²) in [5.74, 6) is 0. The summed E-state index contributed by atoms with van der Waals surface area (Å²) in [6.45, 7) is 1.82. The molecule has 0 amide bonds. The monoisotopic (exact) mass is 235 g/mol. The van der Waals surface area contributed by atoms with Crippen molar-refractivity contribution in [3.8, 4) is 0 Å². The second-order valence-corrected chi connectivity index (χ2v) is 3.83. The maximum atomic E-state index is 12.1. The predicted octanol–water partition coefficient (Wildman–Crippen LogP) is 2.33. The zero-order valence-corrected chi connectivity index (χ0v) is 9.60. The lowest BCUT2D eigenvalue weighted by atomic mass is 10.1. The van der Waals surface area contributed by atoms with E-state index >= 15 is 0 Å². The molecular formula is C10H16F3N3. The molecule has 0 bridgehead atoms. The normalized spacial score (nSPS) is 14.1. The highest BCUT2D eigenvalue weighted by molar-refractivity contribution is 5.12. The van der Waals surface area contributed by atoms with Gasteiger partial charge in [-0.05, 0) is 26.5 Å². The zero-order chi connectivity index (χ0) is 12.3. The number of aryl methyl sites for hydroxylation is 2. The van der Waals surface area contributed by atoms with E-state index in [0.717, 1.165) is 11.4 Å².